The average molecular weight is 317 g/mol. The van der Waals surface area contributed by atoms with Gasteiger partial charge in [-0.25, -0.2) is 0 Å². The highest BCUT2D eigenvalue weighted by molar-refractivity contribution is 5.58. The van der Waals surface area contributed by atoms with Crippen molar-refractivity contribution in [3.63, 3.8) is 0 Å². The van der Waals surface area contributed by atoms with Gasteiger partial charge in [0.25, 0.3) is 0 Å². The van der Waals surface area contributed by atoms with E-state index in [-0.39, 0.29) is 11.5 Å². The third kappa shape index (κ3) is 1.79. The van der Waals surface area contributed by atoms with Gasteiger partial charge in [-0.15, -0.1) is 0 Å². The molecule has 1 saturated carbocycles. The van der Waals surface area contributed by atoms with Crippen molar-refractivity contribution in [2.75, 3.05) is 27.8 Å². The van der Waals surface area contributed by atoms with Gasteiger partial charge >= 0.3 is 0 Å². The van der Waals surface area contributed by atoms with E-state index in [1.54, 1.807) is 14.2 Å². The van der Waals surface area contributed by atoms with Crippen LogP contribution in [-0.4, -0.2) is 49.5 Å². The number of aliphatic hydroxyl groups is 1. The summed E-state index contributed by atoms with van der Waals surface area (Å²) >= 11 is 0. The van der Waals surface area contributed by atoms with E-state index in [9.17, 15) is 5.11 Å². The third-order valence-corrected chi connectivity index (χ3v) is 6.74. The first-order valence-electron chi connectivity index (χ1n) is 8.74. The minimum atomic E-state index is -0.648. The summed E-state index contributed by atoms with van der Waals surface area (Å²) in [6, 6.07) is 4.40. The first kappa shape index (κ1) is 15.3. The van der Waals surface area contributed by atoms with Crippen molar-refractivity contribution in [1.29, 1.82) is 0 Å². The Kier molecular flexibility index (Phi) is 3.40. The van der Waals surface area contributed by atoms with E-state index in [0.717, 1.165) is 50.1 Å². The number of likely N-dealkylation sites (N-methyl/N-ethyl adjacent to an activating group) is 1. The molecule has 1 aliphatic heterocycles. The molecule has 0 radical (unpaired) electrons. The monoisotopic (exact) mass is 317 g/mol. The van der Waals surface area contributed by atoms with Gasteiger partial charge in [-0.3, -0.25) is 0 Å². The fourth-order valence-electron chi connectivity index (χ4n) is 5.65. The Morgan fingerprint density at radius 2 is 1.91 bits per heavy atom. The summed E-state index contributed by atoms with van der Waals surface area (Å²) in [4.78, 5) is 2.36. The van der Waals surface area contributed by atoms with Gasteiger partial charge in [-0.1, -0.05) is 18.9 Å². The lowest BCUT2D eigenvalue weighted by atomic mass is 9.49. The van der Waals surface area contributed by atoms with E-state index >= 15 is 0 Å². The number of benzene rings is 1. The Morgan fingerprint density at radius 1 is 1.13 bits per heavy atom. The van der Waals surface area contributed by atoms with Crippen molar-refractivity contribution < 1.29 is 14.6 Å². The van der Waals surface area contributed by atoms with Gasteiger partial charge in [0.1, 0.15) is 0 Å². The zero-order valence-corrected chi connectivity index (χ0v) is 14.4. The second kappa shape index (κ2) is 5.12. The van der Waals surface area contributed by atoms with Gasteiger partial charge in [0.15, 0.2) is 11.5 Å². The molecule has 3 atom stereocenters. The molecule has 126 valence electrons. The van der Waals surface area contributed by atoms with Crippen LogP contribution in [0.4, 0.5) is 0 Å². The van der Waals surface area contributed by atoms with Crippen molar-refractivity contribution in [1.82, 2.24) is 4.90 Å². The Hall–Kier alpha value is -1.26. The predicted octanol–water partition coefficient (Wildman–Crippen LogP) is 2.51. The molecule has 1 saturated heterocycles. The van der Waals surface area contributed by atoms with E-state index in [2.05, 4.69) is 18.0 Å². The molecule has 2 fully saturated rings. The largest absolute Gasteiger partial charge is 0.493 e. The molecule has 3 unspecified atom stereocenters. The topological polar surface area (TPSA) is 41.9 Å². The molecule has 0 spiro atoms. The highest BCUT2D eigenvalue weighted by Crippen LogP contribution is 2.60. The van der Waals surface area contributed by atoms with E-state index in [4.69, 9.17) is 9.47 Å². The van der Waals surface area contributed by atoms with Crippen LogP contribution >= 0.6 is 0 Å². The SMILES string of the molecule is COc1ccc2c(c1OC)C13CCCCC1(O)C(C2)N(C)CC3. The Morgan fingerprint density at radius 3 is 2.65 bits per heavy atom. The Bertz CT molecular complexity index is 631. The van der Waals surface area contributed by atoms with Crippen LogP contribution in [0.5, 0.6) is 11.5 Å². The molecule has 1 aromatic rings. The summed E-state index contributed by atoms with van der Waals surface area (Å²) in [5.74, 6) is 1.62. The molecule has 1 N–H and O–H groups in total. The molecule has 2 bridgehead atoms. The number of likely N-dealkylation sites (tertiary alicyclic amines) is 1. The summed E-state index contributed by atoms with van der Waals surface area (Å²) in [6.07, 6.45) is 6.12. The molecule has 0 aromatic heterocycles. The molecule has 4 nitrogen and oxygen atoms in total. The first-order chi connectivity index (χ1) is 11.1. The van der Waals surface area contributed by atoms with Crippen LogP contribution < -0.4 is 9.47 Å². The normalized spacial score (nSPS) is 36.1. The Labute approximate surface area is 138 Å². The quantitative estimate of drug-likeness (QED) is 0.910. The number of ether oxygens (including phenoxy) is 2. The van der Waals surface area contributed by atoms with Crippen LogP contribution in [0.25, 0.3) is 0 Å². The molecular formula is C19H27NO3. The number of methoxy groups -OCH3 is 2. The molecule has 0 amide bonds. The van der Waals surface area contributed by atoms with Crippen LogP contribution in [0.2, 0.25) is 0 Å². The summed E-state index contributed by atoms with van der Waals surface area (Å²) in [5, 5.41) is 11.8. The van der Waals surface area contributed by atoms with Crippen LogP contribution in [0, 0.1) is 0 Å². The lowest BCUT2D eigenvalue weighted by Gasteiger charge is -2.63. The smallest absolute Gasteiger partial charge is 0.164 e. The van der Waals surface area contributed by atoms with Gasteiger partial charge in [-0.2, -0.15) is 0 Å². The molecule has 1 aromatic carbocycles. The molecule has 1 heterocycles. The van der Waals surface area contributed by atoms with Crippen LogP contribution in [-0.2, 0) is 11.8 Å². The maximum atomic E-state index is 11.8. The van der Waals surface area contributed by atoms with E-state index in [1.165, 1.54) is 17.5 Å². The zero-order valence-electron chi connectivity index (χ0n) is 14.4. The minimum absolute atomic E-state index is 0.185. The van der Waals surface area contributed by atoms with Crippen LogP contribution in [0.1, 0.15) is 43.2 Å². The van der Waals surface area contributed by atoms with E-state index < -0.39 is 5.60 Å². The summed E-state index contributed by atoms with van der Waals surface area (Å²) in [7, 11) is 5.57. The lowest BCUT2D eigenvalue weighted by molar-refractivity contribution is -0.161. The molecular weight excluding hydrogens is 290 g/mol. The molecule has 3 aliphatic rings. The highest BCUT2D eigenvalue weighted by Gasteiger charge is 2.63. The predicted molar refractivity (Wildman–Crippen MR) is 89.4 cm³/mol. The zero-order chi connectivity index (χ0) is 16.2. The third-order valence-electron chi connectivity index (χ3n) is 6.74. The van der Waals surface area contributed by atoms with E-state index in [0.29, 0.717) is 0 Å². The van der Waals surface area contributed by atoms with Crippen LogP contribution in [0.3, 0.4) is 0 Å². The Balaban J connectivity index is 2.00. The number of piperidine rings is 1. The number of hydrogen-bond acceptors (Lipinski definition) is 4. The highest BCUT2D eigenvalue weighted by atomic mass is 16.5. The minimum Gasteiger partial charge on any atom is -0.493 e. The average Bonchev–Trinajstić information content (AvgIpc) is 2.56. The van der Waals surface area contributed by atoms with Crippen LogP contribution in [0.15, 0.2) is 12.1 Å². The van der Waals surface area contributed by atoms with Crippen molar-refractivity contribution in [2.45, 2.75) is 55.6 Å². The van der Waals surface area contributed by atoms with Gasteiger partial charge in [0.2, 0.25) is 0 Å². The van der Waals surface area contributed by atoms with Gasteiger partial charge < -0.3 is 19.5 Å². The molecule has 4 heteroatoms. The van der Waals surface area contributed by atoms with Crippen molar-refractivity contribution in [2.24, 2.45) is 0 Å². The van der Waals surface area contributed by atoms with Crippen molar-refractivity contribution in [3.05, 3.63) is 23.3 Å². The summed E-state index contributed by atoms with van der Waals surface area (Å²) < 4.78 is 11.3. The number of nitrogens with zero attached hydrogens (tertiary/aromatic N) is 1. The number of rotatable bonds is 2. The van der Waals surface area contributed by atoms with Gasteiger partial charge in [-0.05, 0) is 50.9 Å². The maximum absolute atomic E-state index is 11.8. The lowest BCUT2D eigenvalue weighted by Crippen LogP contribution is -2.71. The van der Waals surface area contributed by atoms with Gasteiger partial charge in [0, 0.05) is 17.0 Å². The van der Waals surface area contributed by atoms with Crippen molar-refractivity contribution in [3.8, 4) is 11.5 Å². The fraction of sp³-hybridized carbons (Fsp3) is 0.684. The molecule has 23 heavy (non-hydrogen) atoms. The van der Waals surface area contributed by atoms with Gasteiger partial charge in [0.05, 0.1) is 19.8 Å². The second-order valence-corrected chi connectivity index (χ2v) is 7.50. The van der Waals surface area contributed by atoms with E-state index in [1.807, 2.05) is 6.07 Å². The molecule has 2 aliphatic carbocycles. The number of hydrogen-bond donors (Lipinski definition) is 1. The van der Waals surface area contributed by atoms with Crippen molar-refractivity contribution >= 4 is 0 Å². The molecule has 4 rings (SSSR count). The maximum Gasteiger partial charge on any atom is 0.164 e. The number of fused-ring (bicyclic) bond motifs is 1. The summed E-state index contributed by atoms with van der Waals surface area (Å²) in [5.41, 5.74) is 1.72. The second-order valence-electron chi connectivity index (χ2n) is 7.50. The first-order valence-corrected chi connectivity index (χ1v) is 8.74. The summed E-state index contributed by atoms with van der Waals surface area (Å²) in [6.45, 7) is 1.03. The standard InChI is InChI=1S/C19H27NO3/c1-20-11-10-18-8-4-5-9-19(18,21)15(20)12-13-6-7-14(22-2)17(23-3)16(13)18/h6-7,15,21H,4-5,8-12H2,1-3H3. The fourth-order valence-corrected chi connectivity index (χ4v) is 5.65.